The van der Waals surface area contributed by atoms with Crippen molar-refractivity contribution in [3.8, 4) is 0 Å². The molecule has 0 radical (unpaired) electrons. The van der Waals surface area contributed by atoms with Gasteiger partial charge in [-0.1, -0.05) is 42.8 Å². The van der Waals surface area contributed by atoms with Gasteiger partial charge in [-0.2, -0.15) is 0 Å². The van der Waals surface area contributed by atoms with Crippen LogP contribution in [0.5, 0.6) is 0 Å². The summed E-state index contributed by atoms with van der Waals surface area (Å²) >= 11 is 0. The molecule has 0 fully saturated rings. The SMILES string of the molecule is CC1=CC(c2ccc(C)c(C)c2)=CCCC1C. The minimum absolute atomic E-state index is 0.718. The fourth-order valence-electron chi connectivity index (χ4n) is 2.29. The van der Waals surface area contributed by atoms with Gasteiger partial charge in [0.15, 0.2) is 0 Å². The molecule has 0 N–H and O–H groups in total. The normalized spacial score (nSPS) is 20.6. The van der Waals surface area contributed by atoms with Crippen LogP contribution in [0.1, 0.15) is 43.4 Å². The van der Waals surface area contributed by atoms with E-state index in [2.05, 4.69) is 58.0 Å². The molecule has 0 aliphatic heterocycles. The minimum Gasteiger partial charge on any atom is -0.0766 e. The molecule has 0 saturated carbocycles. The Morgan fingerprint density at radius 3 is 2.53 bits per heavy atom. The molecule has 17 heavy (non-hydrogen) atoms. The largest absolute Gasteiger partial charge is 0.0766 e. The maximum atomic E-state index is 2.39. The molecule has 1 aromatic rings. The van der Waals surface area contributed by atoms with Crippen LogP contribution < -0.4 is 0 Å². The Labute approximate surface area is 105 Å². The highest BCUT2D eigenvalue weighted by Crippen LogP contribution is 2.28. The fourth-order valence-corrected chi connectivity index (χ4v) is 2.29. The maximum Gasteiger partial charge on any atom is -0.0184 e. The van der Waals surface area contributed by atoms with Gasteiger partial charge >= 0.3 is 0 Å². The molecule has 90 valence electrons. The Morgan fingerprint density at radius 2 is 1.82 bits per heavy atom. The molecule has 1 unspecified atom stereocenters. The second-order valence-electron chi connectivity index (χ2n) is 5.33. The van der Waals surface area contributed by atoms with E-state index in [1.165, 1.54) is 40.7 Å². The Hall–Kier alpha value is -1.30. The van der Waals surface area contributed by atoms with E-state index >= 15 is 0 Å². The number of hydrogen-bond acceptors (Lipinski definition) is 0. The summed E-state index contributed by atoms with van der Waals surface area (Å²) in [6, 6.07) is 6.78. The van der Waals surface area contributed by atoms with Gasteiger partial charge in [0.05, 0.1) is 0 Å². The Bertz CT molecular complexity index is 475. The van der Waals surface area contributed by atoms with Crippen LogP contribution in [0.2, 0.25) is 0 Å². The van der Waals surface area contributed by atoms with Crippen LogP contribution in [0.25, 0.3) is 5.57 Å². The first-order chi connectivity index (χ1) is 8.08. The van der Waals surface area contributed by atoms with Gasteiger partial charge in [-0.15, -0.1) is 0 Å². The standard InChI is InChI=1S/C17H22/c1-12-6-5-7-16(10-14(12)3)17-9-8-13(2)15(4)11-17/h7-12H,5-6H2,1-4H3. The molecule has 2 rings (SSSR count). The Kier molecular flexibility index (Phi) is 3.51. The van der Waals surface area contributed by atoms with Crippen LogP contribution in [-0.2, 0) is 0 Å². The summed E-state index contributed by atoms with van der Waals surface area (Å²) in [5.41, 5.74) is 7.02. The van der Waals surface area contributed by atoms with Gasteiger partial charge in [-0.3, -0.25) is 0 Å². The van der Waals surface area contributed by atoms with Crippen molar-refractivity contribution in [2.75, 3.05) is 0 Å². The maximum absolute atomic E-state index is 2.39. The zero-order chi connectivity index (χ0) is 12.4. The van der Waals surface area contributed by atoms with E-state index < -0.39 is 0 Å². The van der Waals surface area contributed by atoms with Gasteiger partial charge in [-0.05, 0) is 61.8 Å². The van der Waals surface area contributed by atoms with Gasteiger partial charge in [-0.25, -0.2) is 0 Å². The monoisotopic (exact) mass is 226 g/mol. The number of hydrogen-bond donors (Lipinski definition) is 0. The predicted octanol–water partition coefficient (Wildman–Crippen LogP) is 5.06. The Balaban J connectivity index is 2.38. The van der Waals surface area contributed by atoms with E-state index in [-0.39, 0.29) is 0 Å². The van der Waals surface area contributed by atoms with E-state index in [1.807, 2.05) is 0 Å². The van der Waals surface area contributed by atoms with Crippen molar-refractivity contribution in [3.05, 3.63) is 52.6 Å². The molecule has 0 amide bonds. The third-order valence-corrected chi connectivity index (χ3v) is 3.96. The summed E-state index contributed by atoms with van der Waals surface area (Å²) < 4.78 is 0. The first-order valence-corrected chi connectivity index (χ1v) is 6.54. The van der Waals surface area contributed by atoms with E-state index in [9.17, 15) is 0 Å². The summed E-state index contributed by atoms with van der Waals surface area (Å²) in [4.78, 5) is 0. The quantitative estimate of drug-likeness (QED) is 0.627. The summed E-state index contributed by atoms with van der Waals surface area (Å²) in [5, 5.41) is 0. The molecule has 0 aromatic heterocycles. The highest BCUT2D eigenvalue weighted by atomic mass is 14.1. The first-order valence-electron chi connectivity index (χ1n) is 6.54. The average Bonchev–Trinajstić information content (AvgIpc) is 2.46. The third-order valence-electron chi connectivity index (χ3n) is 3.96. The van der Waals surface area contributed by atoms with Gasteiger partial charge < -0.3 is 0 Å². The average molecular weight is 226 g/mol. The van der Waals surface area contributed by atoms with Gasteiger partial charge in [0, 0.05) is 0 Å². The van der Waals surface area contributed by atoms with Crippen molar-refractivity contribution in [3.63, 3.8) is 0 Å². The number of rotatable bonds is 1. The van der Waals surface area contributed by atoms with Crippen LogP contribution >= 0.6 is 0 Å². The predicted molar refractivity (Wildman–Crippen MR) is 76.0 cm³/mol. The van der Waals surface area contributed by atoms with E-state index in [0.29, 0.717) is 0 Å². The minimum atomic E-state index is 0.718. The topological polar surface area (TPSA) is 0 Å². The lowest BCUT2D eigenvalue weighted by Crippen LogP contribution is -1.93. The molecule has 0 heteroatoms. The lowest BCUT2D eigenvalue weighted by atomic mass is 9.97. The van der Waals surface area contributed by atoms with Crippen LogP contribution in [-0.4, -0.2) is 0 Å². The molecular weight excluding hydrogens is 204 g/mol. The van der Waals surface area contributed by atoms with Gasteiger partial charge in [0.25, 0.3) is 0 Å². The van der Waals surface area contributed by atoms with Crippen molar-refractivity contribution in [1.29, 1.82) is 0 Å². The highest BCUT2D eigenvalue weighted by molar-refractivity contribution is 5.75. The lowest BCUT2D eigenvalue weighted by molar-refractivity contribution is 0.626. The molecule has 0 nitrogen and oxygen atoms in total. The van der Waals surface area contributed by atoms with Gasteiger partial charge in [0.2, 0.25) is 0 Å². The van der Waals surface area contributed by atoms with E-state index in [4.69, 9.17) is 0 Å². The van der Waals surface area contributed by atoms with Crippen molar-refractivity contribution in [2.24, 2.45) is 5.92 Å². The molecule has 1 aliphatic carbocycles. The summed E-state index contributed by atoms with van der Waals surface area (Å²) in [6.45, 7) is 8.94. The second kappa shape index (κ2) is 4.91. The van der Waals surface area contributed by atoms with Crippen molar-refractivity contribution in [1.82, 2.24) is 0 Å². The Morgan fingerprint density at radius 1 is 1.06 bits per heavy atom. The zero-order valence-electron chi connectivity index (χ0n) is 11.4. The zero-order valence-corrected chi connectivity index (χ0v) is 11.4. The second-order valence-corrected chi connectivity index (χ2v) is 5.33. The molecule has 1 aliphatic rings. The van der Waals surface area contributed by atoms with Crippen LogP contribution in [0.15, 0.2) is 35.9 Å². The van der Waals surface area contributed by atoms with Gasteiger partial charge in [0.1, 0.15) is 0 Å². The highest BCUT2D eigenvalue weighted by Gasteiger charge is 2.10. The third kappa shape index (κ3) is 2.69. The first kappa shape index (κ1) is 12.2. The van der Waals surface area contributed by atoms with Crippen LogP contribution in [0.4, 0.5) is 0 Å². The van der Waals surface area contributed by atoms with E-state index in [0.717, 1.165) is 5.92 Å². The van der Waals surface area contributed by atoms with Crippen molar-refractivity contribution < 1.29 is 0 Å². The van der Waals surface area contributed by atoms with E-state index in [1.54, 1.807) is 0 Å². The number of allylic oxidation sites excluding steroid dienone is 4. The summed E-state index contributed by atoms with van der Waals surface area (Å²) in [5.74, 6) is 0.718. The molecule has 1 aromatic carbocycles. The molecule has 0 bridgehead atoms. The number of benzene rings is 1. The lowest BCUT2D eigenvalue weighted by Gasteiger charge is -2.09. The molecule has 0 saturated heterocycles. The van der Waals surface area contributed by atoms with Crippen molar-refractivity contribution in [2.45, 2.75) is 40.5 Å². The fraction of sp³-hybridized carbons (Fsp3) is 0.412. The van der Waals surface area contributed by atoms with Crippen molar-refractivity contribution >= 4 is 5.57 Å². The number of aryl methyl sites for hydroxylation is 2. The summed E-state index contributed by atoms with van der Waals surface area (Å²) in [6.07, 6.45) is 7.22. The van der Waals surface area contributed by atoms with Crippen LogP contribution in [0, 0.1) is 19.8 Å². The molecule has 0 spiro atoms. The smallest absolute Gasteiger partial charge is 0.0184 e. The van der Waals surface area contributed by atoms with Crippen LogP contribution in [0.3, 0.4) is 0 Å². The molecule has 1 atom stereocenters. The summed E-state index contributed by atoms with van der Waals surface area (Å²) in [7, 11) is 0. The molecule has 0 heterocycles. The molecular formula is C17H22.